The maximum Gasteiger partial charge on any atom is 0.360 e. The molecule has 0 radical (unpaired) electrons. The van der Waals surface area contributed by atoms with Crippen LogP contribution in [0.25, 0.3) is 6.08 Å². The molecule has 1 aromatic carbocycles. The Morgan fingerprint density at radius 3 is 2.81 bits per heavy atom. The Balaban J connectivity index is 1.92. The van der Waals surface area contributed by atoms with Gasteiger partial charge in [0.05, 0.1) is 6.61 Å². The first-order valence-electron chi connectivity index (χ1n) is 7.05. The lowest BCUT2D eigenvalue weighted by Crippen LogP contribution is -2.06. The summed E-state index contributed by atoms with van der Waals surface area (Å²) < 4.78 is 10.4. The molecule has 0 amide bonds. The zero-order valence-electron chi connectivity index (χ0n) is 12.3. The molecular weight excluding hydrogens is 266 g/mol. The molecule has 0 spiro atoms. The van der Waals surface area contributed by atoms with Crippen LogP contribution in [0, 0.1) is 6.92 Å². The molecule has 0 aliphatic rings. The third-order valence-corrected chi connectivity index (χ3v) is 2.98. The smallest absolute Gasteiger partial charge is 0.360 e. The van der Waals surface area contributed by atoms with E-state index < -0.39 is 5.97 Å². The first-order valence-corrected chi connectivity index (χ1v) is 7.05. The van der Waals surface area contributed by atoms with Gasteiger partial charge in [0.2, 0.25) is 5.89 Å². The molecule has 1 aromatic heterocycles. The van der Waals surface area contributed by atoms with Crippen LogP contribution in [-0.2, 0) is 11.2 Å². The van der Waals surface area contributed by atoms with Crippen molar-refractivity contribution < 1.29 is 13.9 Å². The number of carbonyl (C=O) groups excluding carboxylic acids is 1. The number of hydrogen-bond donors (Lipinski definition) is 0. The summed E-state index contributed by atoms with van der Waals surface area (Å²) in [6.45, 7) is 3.80. The van der Waals surface area contributed by atoms with Gasteiger partial charge in [-0.25, -0.2) is 9.78 Å². The van der Waals surface area contributed by atoms with E-state index in [2.05, 4.69) is 17.1 Å². The molecule has 0 saturated heterocycles. The van der Waals surface area contributed by atoms with Crippen molar-refractivity contribution in [2.24, 2.45) is 0 Å². The molecular formula is C17H19NO3. The Morgan fingerprint density at radius 2 is 2.10 bits per heavy atom. The molecule has 0 aliphatic carbocycles. The lowest BCUT2D eigenvalue weighted by atomic mass is 10.1. The Hall–Kier alpha value is -2.36. The first-order chi connectivity index (χ1) is 10.2. The van der Waals surface area contributed by atoms with Crippen molar-refractivity contribution in [3.05, 3.63) is 59.3 Å². The Kier molecular flexibility index (Phi) is 5.32. The van der Waals surface area contributed by atoms with E-state index in [9.17, 15) is 4.79 Å². The van der Waals surface area contributed by atoms with Gasteiger partial charge in [0.15, 0.2) is 5.69 Å². The fourth-order valence-corrected chi connectivity index (χ4v) is 1.96. The second-order valence-corrected chi connectivity index (χ2v) is 4.60. The highest BCUT2D eigenvalue weighted by Gasteiger charge is 2.16. The number of nitrogens with zero attached hydrogens (tertiary/aromatic N) is 1. The van der Waals surface area contributed by atoms with Gasteiger partial charge in [-0.1, -0.05) is 36.4 Å². The summed E-state index contributed by atoms with van der Waals surface area (Å²) in [5.41, 5.74) is 1.54. The molecule has 4 nitrogen and oxygen atoms in total. The minimum atomic E-state index is -0.442. The number of ether oxygens (including phenoxy) is 1. The van der Waals surface area contributed by atoms with E-state index in [0.717, 1.165) is 12.8 Å². The van der Waals surface area contributed by atoms with Gasteiger partial charge in [-0.2, -0.15) is 0 Å². The Labute approximate surface area is 124 Å². The van der Waals surface area contributed by atoms with E-state index in [-0.39, 0.29) is 5.69 Å². The predicted octanol–water partition coefficient (Wildman–Crippen LogP) is 3.81. The lowest BCUT2D eigenvalue weighted by Gasteiger charge is -1.96. The molecule has 0 N–H and O–H groups in total. The number of carbonyl (C=O) groups is 1. The Morgan fingerprint density at radius 1 is 1.33 bits per heavy atom. The van der Waals surface area contributed by atoms with Crippen LogP contribution in [0.4, 0.5) is 0 Å². The topological polar surface area (TPSA) is 52.3 Å². The van der Waals surface area contributed by atoms with Crippen molar-refractivity contribution >= 4 is 12.0 Å². The molecule has 1 heterocycles. The van der Waals surface area contributed by atoms with Crippen molar-refractivity contribution in [3.63, 3.8) is 0 Å². The number of aryl methyl sites for hydroxylation is 2. The van der Waals surface area contributed by atoms with Crippen LogP contribution in [0.5, 0.6) is 0 Å². The van der Waals surface area contributed by atoms with Gasteiger partial charge in [-0.05, 0) is 38.3 Å². The largest absolute Gasteiger partial charge is 0.461 e. The van der Waals surface area contributed by atoms with Crippen molar-refractivity contribution in [3.8, 4) is 0 Å². The van der Waals surface area contributed by atoms with Gasteiger partial charge < -0.3 is 9.15 Å². The molecule has 2 rings (SSSR count). The average molecular weight is 285 g/mol. The van der Waals surface area contributed by atoms with Gasteiger partial charge in [0.25, 0.3) is 0 Å². The summed E-state index contributed by atoms with van der Waals surface area (Å²) in [6, 6.07) is 10.3. The standard InChI is InChI=1S/C17H19NO3/c1-3-20-17(19)16-13(2)21-15(18-16)12-8-7-11-14-9-5-4-6-10-14/h4-6,8-10,12H,3,7,11H2,1-2H3/b12-8+. The van der Waals surface area contributed by atoms with E-state index in [1.165, 1.54) is 5.56 Å². The maximum absolute atomic E-state index is 11.6. The predicted molar refractivity (Wildman–Crippen MR) is 81.0 cm³/mol. The summed E-state index contributed by atoms with van der Waals surface area (Å²) >= 11 is 0. The second-order valence-electron chi connectivity index (χ2n) is 4.60. The highest BCUT2D eigenvalue weighted by atomic mass is 16.5. The van der Waals surface area contributed by atoms with Gasteiger partial charge in [-0.15, -0.1) is 0 Å². The van der Waals surface area contributed by atoms with Gasteiger partial charge >= 0.3 is 5.97 Å². The average Bonchev–Trinajstić information content (AvgIpc) is 2.86. The number of allylic oxidation sites excluding steroid dienone is 1. The van der Waals surface area contributed by atoms with Crippen LogP contribution in [0.1, 0.15) is 41.0 Å². The van der Waals surface area contributed by atoms with Crippen LogP contribution in [0.15, 0.2) is 40.8 Å². The van der Waals surface area contributed by atoms with Crippen LogP contribution < -0.4 is 0 Å². The number of esters is 1. The lowest BCUT2D eigenvalue weighted by molar-refractivity contribution is 0.0518. The quantitative estimate of drug-likeness (QED) is 0.757. The molecule has 4 heteroatoms. The highest BCUT2D eigenvalue weighted by Crippen LogP contribution is 2.13. The van der Waals surface area contributed by atoms with Crippen LogP contribution in [0.3, 0.4) is 0 Å². The first kappa shape index (κ1) is 15.0. The third-order valence-electron chi connectivity index (χ3n) is 2.98. The van der Waals surface area contributed by atoms with Crippen molar-refractivity contribution in [2.75, 3.05) is 6.61 Å². The summed E-state index contributed by atoms with van der Waals surface area (Å²) in [6.07, 6.45) is 5.63. The van der Waals surface area contributed by atoms with E-state index in [1.54, 1.807) is 19.9 Å². The van der Waals surface area contributed by atoms with Gasteiger partial charge in [0.1, 0.15) is 5.76 Å². The van der Waals surface area contributed by atoms with E-state index >= 15 is 0 Å². The highest BCUT2D eigenvalue weighted by molar-refractivity contribution is 5.88. The normalized spacial score (nSPS) is 11.0. The van der Waals surface area contributed by atoms with Gasteiger partial charge in [0, 0.05) is 0 Å². The molecule has 21 heavy (non-hydrogen) atoms. The zero-order valence-corrected chi connectivity index (χ0v) is 12.3. The number of hydrogen-bond acceptors (Lipinski definition) is 4. The van der Waals surface area contributed by atoms with Crippen LogP contribution >= 0.6 is 0 Å². The number of oxazole rings is 1. The van der Waals surface area contributed by atoms with Crippen LogP contribution in [-0.4, -0.2) is 17.6 Å². The number of rotatable bonds is 6. The summed E-state index contributed by atoms with van der Waals surface area (Å²) in [5.74, 6) is 0.474. The van der Waals surface area contributed by atoms with Crippen molar-refractivity contribution in [1.29, 1.82) is 0 Å². The van der Waals surface area contributed by atoms with E-state index in [0.29, 0.717) is 18.3 Å². The SMILES string of the molecule is CCOC(=O)c1nc(/C=C/CCc2ccccc2)oc1C. The third kappa shape index (κ3) is 4.31. The monoisotopic (exact) mass is 285 g/mol. The maximum atomic E-state index is 11.6. The fraction of sp³-hybridized carbons (Fsp3) is 0.294. The summed E-state index contributed by atoms with van der Waals surface area (Å²) in [7, 11) is 0. The molecule has 2 aromatic rings. The second kappa shape index (κ2) is 7.43. The minimum Gasteiger partial charge on any atom is -0.461 e. The summed E-state index contributed by atoms with van der Waals surface area (Å²) in [4.78, 5) is 15.8. The van der Waals surface area contributed by atoms with E-state index in [4.69, 9.17) is 9.15 Å². The number of aromatic nitrogens is 1. The van der Waals surface area contributed by atoms with E-state index in [1.807, 2.05) is 24.3 Å². The molecule has 0 saturated carbocycles. The molecule has 0 aliphatic heterocycles. The molecule has 0 bridgehead atoms. The zero-order chi connectivity index (χ0) is 15.1. The molecule has 0 unspecified atom stereocenters. The minimum absolute atomic E-state index is 0.250. The van der Waals surface area contributed by atoms with Crippen molar-refractivity contribution in [1.82, 2.24) is 4.98 Å². The van der Waals surface area contributed by atoms with Crippen molar-refractivity contribution in [2.45, 2.75) is 26.7 Å². The number of benzene rings is 1. The van der Waals surface area contributed by atoms with Crippen LogP contribution in [0.2, 0.25) is 0 Å². The Bertz CT molecular complexity index is 614. The molecule has 0 atom stereocenters. The molecule has 110 valence electrons. The fourth-order valence-electron chi connectivity index (χ4n) is 1.96. The van der Waals surface area contributed by atoms with Gasteiger partial charge in [-0.3, -0.25) is 0 Å². The molecule has 0 fully saturated rings. The summed E-state index contributed by atoms with van der Waals surface area (Å²) in [5, 5.41) is 0.